The lowest BCUT2D eigenvalue weighted by atomic mass is 10.2. The third-order valence-corrected chi connectivity index (χ3v) is 3.53. The summed E-state index contributed by atoms with van der Waals surface area (Å²) >= 11 is 4.97. The molecule has 5 heteroatoms. The molecule has 2 aromatic rings. The van der Waals surface area contributed by atoms with Gasteiger partial charge in [0.2, 0.25) is 0 Å². The van der Waals surface area contributed by atoms with Crippen LogP contribution in [0.2, 0.25) is 0 Å². The summed E-state index contributed by atoms with van der Waals surface area (Å²) < 4.78 is 6.24. The summed E-state index contributed by atoms with van der Waals surface area (Å²) in [5, 5.41) is 6.55. The average Bonchev–Trinajstić information content (AvgIpc) is 2.84. The first kappa shape index (κ1) is 11.8. The molecule has 3 nitrogen and oxygen atoms in total. The van der Waals surface area contributed by atoms with Crippen molar-refractivity contribution in [3.63, 3.8) is 0 Å². The highest BCUT2D eigenvalue weighted by Gasteiger charge is 2.09. The van der Waals surface area contributed by atoms with Crippen LogP contribution in [0.25, 0.3) is 0 Å². The van der Waals surface area contributed by atoms with Gasteiger partial charge >= 0.3 is 0 Å². The molecule has 2 heterocycles. The second-order valence-corrected chi connectivity index (χ2v) is 5.45. The van der Waals surface area contributed by atoms with Crippen molar-refractivity contribution in [1.82, 2.24) is 10.3 Å². The van der Waals surface area contributed by atoms with Crippen LogP contribution in [-0.4, -0.2) is 4.98 Å². The summed E-state index contributed by atoms with van der Waals surface area (Å²) in [4.78, 5) is 4.40. The predicted octanol–water partition coefficient (Wildman–Crippen LogP) is 3.66. The highest BCUT2D eigenvalue weighted by molar-refractivity contribution is 9.10. The molecule has 0 amide bonds. The molecule has 1 unspecified atom stereocenters. The Hall–Kier alpha value is -0.650. The number of halogens is 1. The van der Waals surface area contributed by atoms with Crippen molar-refractivity contribution in [2.24, 2.45) is 0 Å². The van der Waals surface area contributed by atoms with Crippen LogP contribution in [0.3, 0.4) is 0 Å². The van der Waals surface area contributed by atoms with E-state index in [1.165, 1.54) is 0 Å². The van der Waals surface area contributed by atoms with Crippen molar-refractivity contribution in [3.05, 3.63) is 38.6 Å². The summed E-state index contributed by atoms with van der Waals surface area (Å²) in [6.07, 6.45) is 0. The lowest BCUT2D eigenvalue weighted by molar-refractivity contribution is 0.417. The Morgan fingerprint density at radius 2 is 2.38 bits per heavy atom. The lowest BCUT2D eigenvalue weighted by Crippen LogP contribution is -2.17. The van der Waals surface area contributed by atoms with Gasteiger partial charge in [-0.1, -0.05) is 0 Å². The fourth-order valence-corrected chi connectivity index (χ4v) is 2.34. The highest BCUT2D eigenvalue weighted by atomic mass is 79.9. The standard InChI is InChI=1S/C11H13BrN2OS/c1-7(10-3-4-11(12)15-10)13-5-9-6-16-8(2)14-9/h3-4,6-7,13H,5H2,1-2H3. The zero-order chi connectivity index (χ0) is 11.5. The first-order valence-corrected chi connectivity index (χ1v) is 6.72. The van der Waals surface area contributed by atoms with Crippen LogP contribution in [0.5, 0.6) is 0 Å². The molecule has 0 bridgehead atoms. The molecule has 86 valence electrons. The van der Waals surface area contributed by atoms with Crippen molar-refractivity contribution in [2.75, 3.05) is 0 Å². The molecule has 16 heavy (non-hydrogen) atoms. The molecule has 0 aliphatic carbocycles. The van der Waals surface area contributed by atoms with Crippen molar-refractivity contribution in [1.29, 1.82) is 0 Å². The number of rotatable bonds is 4. The number of nitrogens with one attached hydrogen (secondary N) is 1. The molecular weight excluding hydrogens is 288 g/mol. The number of hydrogen-bond donors (Lipinski definition) is 1. The summed E-state index contributed by atoms with van der Waals surface area (Å²) in [5.74, 6) is 0.929. The van der Waals surface area contributed by atoms with E-state index in [2.05, 4.69) is 38.5 Å². The van der Waals surface area contributed by atoms with E-state index in [9.17, 15) is 0 Å². The number of aromatic nitrogens is 1. The number of nitrogens with zero attached hydrogens (tertiary/aromatic N) is 1. The third-order valence-electron chi connectivity index (χ3n) is 2.28. The maximum Gasteiger partial charge on any atom is 0.169 e. The number of hydrogen-bond acceptors (Lipinski definition) is 4. The summed E-state index contributed by atoms with van der Waals surface area (Å²) in [7, 11) is 0. The van der Waals surface area contributed by atoms with Crippen LogP contribution in [0.1, 0.15) is 29.4 Å². The van der Waals surface area contributed by atoms with E-state index in [0.29, 0.717) is 0 Å². The molecule has 0 saturated heterocycles. The first-order chi connectivity index (χ1) is 7.65. The molecule has 0 spiro atoms. The first-order valence-electron chi connectivity index (χ1n) is 5.05. The van der Waals surface area contributed by atoms with Gasteiger partial charge in [-0.3, -0.25) is 0 Å². The Bertz CT molecular complexity index is 466. The topological polar surface area (TPSA) is 38.1 Å². The minimum absolute atomic E-state index is 0.188. The molecule has 0 radical (unpaired) electrons. The summed E-state index contributed by atoms with van der Waals surface area (Å²) in [5.41, 5.74) is 1.08. The van der Waals surface area contributed by atoms with E-state index in [-0.39, 0.29) is 6.04 Å². The van der Waals surface area contributed by atoms with Gasteiger partial charge in [-0.05, 0) is 41.9 Å². The summed E-state index contributed by atoms with van der Waals surface area (Å²) in [6, 6.07) is 4.06. The van der Waals surface area contributed by atoms with Crippen LogP contribution in [-0.2, 0) is 6.54 Å². The molecule has 0 aliphatic heterocycles. The second-order valence-electron chi connectivity index (χ2n) is 3.60. The van der Waals surface area contributed by atoms with Gasteiger partial charge in [-0.2, -0.15) is 0 Å². The molecule has 0 aromatic carbocycles. The SMILES string of the molecule is Cc1nc(CNC(C)c2ccc(Br)o2)cs1. The molecule has 1 N–H and O–H groups in total. The third kappa shape index (κ3) is 2.93. The van der Waals surface area contributed by atoms with Crippen LogP contribution >= 0.6 is 27.3 Å². The number of furan rings is 1. The Balaban J connectivity index is 1.91. The zero-order valence-electron chi connectivity index (χ0n) is 9.16. The fourth-order valence-electron chi connectivity index (χ4n) is 1.41. The normalized spacial score (nSPS) is 12.9. The highest BCUT2D eigenvalue weighted by Crippen LogP contribution is 2.20. The van der Waals surface area contributed by atoms with Crippen LogP contribution in [0, 0.1) is 6.92 Å². The Kier molecular flexibility index (Phi) is 3.78. The lowest BCUT2D eigenvalue weighted by Gasteiger charge is -2.09. The zero-order valence-corrected chi connectivity index (χ0v) is 11.6. The fraction of sp³-hybridized carbons (Fsp3) is 0.364. The molecule has 0 aliphatic rings. The van der Waals surface area contributed by atoms with E-state index in [0.717, 1.165) is 27.7 Å². The van der Waals surface area contributed by atoms with E-state index >= 15 is 0 Å². The van der Waals surface area contributed by atoms with Crippen molar-refractivity contribution in [3.8, 4) is 0 Å². The van der Waals surface area contributed by atoms with Crippen LogP contribution in [0.4, 0.5) is 0 Å². The molecule has 1 atom stereocenters. The van der Waals surface area contributed by atoms with E-state index < -0.39 is 0 Å². The van der Waals surface area contributed by atoms with E-state index in [4.69, 9.17) is 4.42 Å². The van der Waals surface area contributed by atoms with Gasteiger partial charge in [0.05, 0.1) is 16.7 Å². The Morgan fingerprint density at radius 1 is 1.56 bits per heavy atom. The van der Waals surface area contributed by atoms with Gasteiger partial charge in [-0.15, -0.1) is 11.3 Å². The van der Waals surface area contributed by atoms with Gasteiger partial charge in [0, 0.05) is 11.9 Å². The smallest absolute Gasteiger partial charge is 0.169 e. The monoisotopic (exact) mass is 300 g/mol. The number of thiazole rings is 1. The number of aryl methyl sites for hydroxylation is 1. The molecule has 2 aromatic heterocycles. The predicted molar refractivity (Wildman–Crippen MR) is 68.5 cm³/mol. The van der Waals surface area contributed by atoms with E-state index in [1.807, 2.05) is 19.1 Å². The largest absolute Gasteiger partial charge is 0.453 e. The molecule has 0 saturated carbocycles. The second kappa shape index (κ2) is 5.12. The maximum absolute atomic E-state index is 5.48. The molecule has 0 fully saturated rings. The summed E-state index contributed by atoms with van der Waals surface area (Å²) in [6.45, 7) is 4.86. The van der Waals surface area contributed by atoms with Gasteiger partial charge < -0.3 is 9.73 Å². The van der Waals surface area contributed by atoms with Gasteiger partial charge in [-0.25, -0.2) is 4.98 Å². The van der Waals surface area contributed by atoms with Gasteiger partial charge in [0.25, 0.3) is 0 Å². The Morgan fingerprint density at radius 3 is 2.94 bits per heavy atom. The average molecular weight is 301 g/mol. The maximum atomic E-state index is 5.48. The molecular formula is C11H13BrN2OS. The molecule has 2 rings (SSSR count). The van der Waals surface area contributed by atoms with Crippen molar-refractivity contribution < 1.29 is 4.42 Å². The quantitative estimate of drug-likeness (QED) is 0.936. The van der Waals surface area contributed by atoms with Crippen molar-refractivity contribution >= 4 is 27.3 Å². The van der Waals surface area contributed by atoms with Crippen molar-refractivity contribution in [2.45, 2.75) is 26.4 Å². The minimum Gasteiger partial charge on any atom is -0.453 e. The van der Waals surface area contributed by atoms with Gasteiger partial charge in [0.1, 0.15) is 5.76 Å². The van der Waals surface area contributed by atoms with Crippen LogP contribution < -0.4 is 5.32 Å². The Labute approximate surface area is 107 Å². The van der Waals surface area contributed by atoms with Crippen LogP contribution in [0.15, 0.2) is 26.6 Å². The minimum atomic E-state index is 0.188. The van der Waals surface area contributed by atoms with E-state index in [1.54, 1.807) is 11.3 Å². The van der Waals surface area contributed by atoms with Gasteiger partial charge in [0.15, 0.2) is 4.67 Å².